The van der Waals surface area contributed by atoms with E-state index in [4.69, 9.17) is 9.47 Å². The maximum Gasteiger partial charge on any atom is 0.125 e. The van der Waals surface area contributed by atoms with E-state index in [0.29, 0.717) is 12.5 Å². The summed E-state index contributed by atoms with van der Waals surface area (Å²) in [6, 6.07) is 5.92. The predicted octanol–water partition coefficient (Wildman–Crippen LogP) is 1.53. The van der Waals surface area contributed by atoms with Crippen molar-refractivity contribution in [2.45, 2.75) is 18.6 Å². The number of nitrogens with zero attached hydrogens (tertiary/aromatic N) is 4. The largest absolute Gasteiger partial charge is 0.377 e. The highest BCUT2D eigenvalue weighted by Crippen LogP contribution is 2.33. The summed E-state index contributed by atoms with van der Waals surface area (Å²) in [4.78, 5) is 11.2. The molecule has 2 fully saturated rings. The Morgan fingerprint density at radius 2 is 2.27 bits per heavy atom. The van der Waals surface area contributed by atoms with Gasteiger partial charge >= 0.3 is 0 Å². The lowest BCUT2D eigenvalue weighted by molar-refractivity contribution is -0.0564. The first-order valence-electron chi connectivity index (χ1n) is 9.28. The standard InChI is InChI=1S/C19H27N5O2/c1-23-7-6-21-18(23)12-24-8-9-25-15-19(14-24)10-16(13-26-19)11-22-17-4-2-3-5-20-17/h2-7,16H,8-15H2,1H3,(H,20,22)/t16-,19-/m0/s1. The summed E-state index contributed by atoms with van der Waals surface area (Å²) in [6.45, 7) is 5.68. The molecule has 2 aromatic rings. The monoisotopic (exact) mass is 357 g/mol. The first-order valence-corrected chi connectivity index (χ1v) is 9.28. The maximum atomic E-state index is 6.29. The van der Waals surface area contributed by atoms with Crippen LogP contribution in [0.1, 0.15) is 12.2 Å². The first kappa shape index (κ1) is 17.5. The van der Waals surface area contributed by atoms with Crippen LogP contribution in [0.4, 0.5) is 5.82 Å². The second kappa shape index (κ2) is 7.73. The van der Waals surface area contributed by atoms with E-state index in [1.165, 1.54) is 0 Å². The zero-order valence-corrected chi connectivity index (χ0v) is 15.3. The van der Waals surface area contributed by atoms with Crippen LogP contribution in [0.15, 0.2) is 36.8 Å². The summed E-state index contributed by atoms with van der Waals surface area (Å²) < 4.78 is 14.3. The molecule has 0 unspecified atom stereocenters. The molecule has 1 spiro atoms. The molecule has 0 amide bonds. The van der Waals surface area contributed by atoms with Crippen molar-refractivity contribution in [1.82, 2.24) is 19.4 Å². The SMILES string of the molecule is Cn1ccnc1CN1CCOC[C@]2(C[C@@H](CNc3ccccn3)CO2)C1. The van der Waals surface area contributed by atoms with Crippen LogP contribution in [0.2, 0.25) is 0 Å². The molecular formula is C19H27N5O2. The number of rotatable bonds is 5. The molecule has 1 N–H and O–H groups in total. The second-order valence-corrected chi connectivity index (χ2v) is 7.38. The molecule has 0 aromatic carbocycles. The topological polar surface area (TPSA) is 64.4 Å². The van der Waals surface area contributed by atoms with Crippen molar-refractivity contribution in [3.8, 4) is 0 Å². The van der Waals surface area contributed by atoms with Crippen LogP contribution in [0.25, 0.3) is 0 Å². The number of imidazole rings is 1. The van der Waals surface area contributed by atoms with E-state index in [0.717, 1.165) is 57.5 Å². The van der Waals surface area contributed by atoms with Gasteiger partial charge in [0.15, 0.2) is 0 Å². The molecular weight excluding hydrogens is 330 g/mol. The molecule has 2 aliphatic rings. The van der Waals surface area contributed by atoms with Gasteiger partial charge in [0.25, 0.3) is 0 Å². The Bertz CT molecular complexity index is 707. The van der Waals surface area contributed by atoms with Crippen LogP contribution in [0.3, 0.4) is 0 Å². The molecule has 7 nitrogen and oxygen atoms in total. The average Bonchev–Trinajstić information content (AvgIpc) is 3.18. The Hall–Kier alpha value is -1.96. The summed E-state index contributed by atoms with van der Waals surface area (Å²) >= 11 is 0. The molecule has 4 rings (SSSR count). The maximum absolute atomic E-state index is 6.29. The van der Waals surface area contributed by atoms with Crippen molar-refractivity contribution >= 4 is 5.82 Å². The van der Waals surface area contributed by atoms with Crippen LogP contribution < -0.4 is 5.32 Å². The van der Waals surface area contributed by atoms with Crippen LogP contribution in [0, 0.1) is 5.92 Å². The number of hydrogen-bond acceptors (Lipinski definition) is 6. The Morgan fingerprint density at radius 3 is 3.08 bits per heavy atom. The van der Waals surface area contributed by atoms with Crippen molar-refractivity contribution < 1.29 is 9.47 Å². The number of aryl methyl sites for hydroxylation is 1. The summed E-state index contributed by atoms with van der Waals surface area (Å²) in [5, 5.41) is 3.42. The number of hydrogen-bond donors (Lipinski definition) is 1. The Balaban J connectivity index is 1.35. The van der Waals surface area contributed by atoms with Crippen molar-refractivity contribution in [1.29, 1.82) is 0 Å². The highest BCUT2D eigenvalue weighted by molar-refractivity contribution is 5.33. The number of anilines is 1. The lowest BCUT2D eigenvalue weighted by atomic mass is 9.94. The minimum absolute atomic E-state index is 0.210. The number of ether oxygens (including phenoxy) is 2. The van der Waals surface area contributed by atoms with Crippen LogP contribution >= 0.6 is 0 Å². The van der Waals surface area contributed by atoms with Gasteiger partial charge in [0, 0.05) is 51.2 Å². The molecule has 0 aliphatic carbocycles. The summed E-state index contributed by atoms with van der Waals surface area (Å²) in [6.07, 6.45) is 6.66. The van der Waals surface area contributed by atoms with Crippen molar-refractivity contribution in [2.75, 3.05) is 44.8 Å². The molecule has 2 aliphatic heterocycles. The highest BCUT2D eigenvalue weighted by Gasteiger charge is 2.43. The van der Waals surface area contributed by atoms with Gasteiger partial charge in [0.1, 0.15) is 17.2 Å². The van der Waals surface area contributed by atoms with Crippen LogP contribution in [-0.2, 0) is 23.1 Å². The van der Waals surface area contributed by atoms with Gasteiger partial charge in [-0.1, -0.05) is 6.07 Å². The van der Waals surface area contributed by atoms with E-state index in [2.05, 4.69) is 24.8 Å². The fraction of sp³-hybridized carbons (Fsp3) is 0.579. The van der Waals surface area contributed by atoms with E-state index in [9.17, 15) is 0 Å². The zero-order valence-electron chi connectivity index (χ0n) is 15.3. The van der Waals surface area contributed by atoms with Gasteiger partial charge in [-0.3, -0.25) is 4.90 Å². The number of aromatic nitrogens is 3. The minimum Gasteiger partial charge on any atom is -0.377 e. The fourth-order valence-electron chi connectivity index (χ4n) is 3.86. The summed E-state index contributed by atoms with van der Waals surface area (Å²) in [7, 11) is 2.04. The zero-order chi connectivity index (χ0) is 17.8. The quantitative estimate of drug-likeness (QED) is 0.876. The van der Waals surface area contributed by atoms with Gasteiger partial charge in [-0.2, -0.15) is 0 Å². The second-order valence-electron chi connectivity index (χ2n) is 7.38. The van der Waals surface area contributed by atoms with E-state index in [1.807, 2.05) is 43.8 Å². The molecule has 4 heterocycles. The third kappa shape index (κ3) is 4.06. The summed E-state index contributed by atoms with van der Waals surface area (Å²) in [5.41, 5.74) is -0.210. The lowest BCUT2D eigenvalue weighted by Gasteiger charge is -2.31. The van der Waals surface area contributed by atoms with Crippen LogP contribution in [0.5, 0.6) is 0 Å². The van der Waals surface area contributed by atoms with Crippen LogP contribution in [-0.4, -0.2) is 64.5 Å². The Morgan fingerprint density at radius 1 is 1.31 bits per heavy atom. The molecule has 2 saturated heterocycles. The average molecular weight is 357 g/mol. The first-order chi connectivity index (χ1) is 12.7. The smallest absolute Gasteiger partial charge is 0.125 e. The minimum atomic E-state index is -0.210. The third-order valence-electron chi connectivity index (χ3n) is 5.24. The predicted molar refractivity (Wildman–Crippen MR) is 98.8 cm³/mol. The highest BCUT2D eigenvalue weighted by atomic mass is 16.5. The Labute approximate surface area is 154 Å². The molecule has 0 bridgehead atoms. The van der Waals surface area contributed by atoms with E-state index >= 15 is 0 Å². The van der Waals surface area contributed by atoms with Crippen molar-refractivity contribution in [2.24, 2.45) is 13.0 Å². The lowest BCUT2D eigenvalue weighted by Crippen LogP contribution is -2.44. The summed E-state index contributed by atoms with van der Waals surface area (Å²) in [5.74, 6) is 2.46. The van der Waals surface area contributed by atoms with Crippen molar-refractivity contribution in [3.05, 3.63) is 42.6 Å². The third-order valence-corrected chi connectivity index (χ3v) is 5.24. The van der Waals surface area contributed by atoms with E-state index < -0.39 is 0 Å². The molecule has 2 atom stereocenters. The van der Waals surface area contributed by atoms with Gasteiger partial charge in [0.05, 0.1) is 26.4 Å². The van der Waals surface area contributed by atoms with Gasteiger partial charge < -0.3 is 19.4 Å². The normalized spacial score (nSPS) is 26.9. The number of nitrogens with one attached hydrogen (secondary N) is 1. The number of pyridine rings is 1. The van der Waals surface area contributed by atoms with E-state index in [-0.39, 0.29) is 5.60 Å². The molecule has 140 valence electrons. The molecule has 26 heavy (non-hydrogen) atoms. The molecule has 0 radical (unpaired) electrons. The molecule has 7 heteroatoms. The van der Waals surface area contributed by atoms with Crippen molar-refractivity contribution in [3.63, 3.8) is 0 Å². The Kier molecular flexibility index (Phi) is 5.19. The van der Waals surface area contributed by atoms with Gasteiger partial charge in [-0.15, -0.1) is 0 Å². The fourth-order valence-corrected chi connectivity index (χ4v) is 3.86. The van der Waals surface area contributed by atoms with Gasteiger partial charge in [-0.05, 0) is 18.6 Å². The van der Waals surface area contributed by atoms with E-state index in [1.54, 1.807) is 0 Å². The molecule has 2 aromatic heterocycles. The van der Waals surface area contributed by atoms with Gasteiger partial charge in [0.2, 0.25) is 0 Å². The molecule has 0 saturated carbocycles. The van der Waals surface area contributed by atoms with Gasteiger partial charge in [-0.25, -0.2) is 9.97 Å².